The van der Waals surface area contributed by atoms with Gasteiger partial charge in [-0.3, -0.25) is 0 Å². The van der Waals surface area contributed by atoms with Gasteiger partial charge in [-0.1, -0.05) is 0 Å². The van der Waals surface area contributed by atoms with E-state index < -0.39 is 0 Å². The highest BCUT2D eigenvalue weighted by Crippen LogP contribution is 2.39. The molecule has 0 aliphatic rings. The number of rotatable bonds is 6. The van der Waals surface area contributed by atoms with Gasteiger partial charge in [0.05, 0.1) is 20.3 Å². The topological polar surface area (TPSA) is 53.7 Å². The van der Waals surface area contributed by atoms with E-state index in [9.17, 15) is 0 Å². The quantitative estimate of drug-likeness (QED) is 0.875. The molecule has 1 rings (SSSR count). The number of hydrogen-bond acceptors (Lipinski definition) is 4. The zero-order valence-electron chi connectivity index (χ0n) is 12.2. The zero-order chi connectivity index (χ0) is 13.7. The van der Waals surface area contributed by atoms with Crippen molar-refractivity contribution in [2.75, 3.05) is 14.2 Å². The molecule has 1 atom stereocenters. The van der Waals surface area contributed by atoms with Crippen molar-refractivity contribution < 1.29 is 14.2 Å². The first-order chi connectivity index (χ1) is 8.47. The van der Waals surface area contributed by atoms with Crippen molar-refractivity contribution >= 4 is 12.4 Å². The van der Waals surface area contributed by atoms with Crippen LogP contribution >= 0.6 is 12.4 Å². The van der Waals surface area contributed by atoms with Crippen molar-refractivity contribution in [2.45, 2.75) is 39.3 Å². The van der Waals surface area contributed by atoms with Crippen molar-refractivity contribution in [1.82, 2.24) is 0 Å². The molecule has 0 fully saturated rings. The summed E-state index contributed by atoms with van der Waals surface area (Å²) in [5, 5.41) is 0. The van der Waals surface area contributed by atoms with Crippen molar-refractivity contribution in [3.05, 3.63) is 17.7 Å². The number of ether oxygens (including phenoxy) is 3. The van der Waals surface area contributed by atoms with E-state index in [2.05, 4.69) is 0 Å². The second-order valence-electron chi connectivity index (χ2n) is 4.68. The molecular formula is C14H24ClNO3. The molecular weight excluding hydrogens is 266 g/mol. The maximum absolute atomic E-state index is 5.81. The van der Waals surface area contributed by atoms with Gasteiger partial charge in [0.25, 0.3) is 0 Å². The predicted molar refractivity (Wildman–Crippen MR) is 79.9 cm³/mol. The van der Waals surface area contributed by atoms with Gasteiger partial charge in [0, 0.05) is 6.04 Å². The minimum absolute atomic E-state index is 0. The second kappa shape index (κ2) is 8.12. The third-order valence-electron chi connectivity index (χ3n) is 2.43. The molecule has 0 bridgehead atoms. The summed E-state index contributed by atoms with van der Waals surface area (Å²) in [7, 11) is 3.25. The first-order valence-electron chi connectivity index (χ1n) is 6.15. The molecule has 0 aromatic heterocycles. The molecule has 1 unspecified atom stereocenters. The van der Waals surface area contributed by atoms with E-state index in [1.165, 1.54) is 0 Å². The molecule has 0 saturated carbocycles. The summed E-state index contributed by atoms with van der Waals surface area (Å²) in [6.07, 6.45) is 0.835. The summed E-state index contributed by atoms with van der Waals surface area (Å²) < 4.78 is 16.5. The van der Waals surface area contributed by atoms with Crippen LogP contribution < -0.4 is 19.9 Å². The Kier molecular flexibility index (Phi) is 7.64. The van der Waals surface area contributed by atoms with Gasteiger partial charge in [-0.2, -0.15) is 0 Å². The molecule has 5 heteroatoms. The Bertz CT molecular complexity index is 369. The maximum Gasteiger partial charge on any atom is 0.203 e. The maximum atomic E-state index is 5.81. The SMILES string of the molecule is COc1cc(CC(C)N)cc(OC)c1OC(C)C.Cl. The lowest BCUT2D eigenvalue weighted by Crippen LogP contribution is -2.18. The molecule has 2 N–H and O–H groups in total. The Morgan fingerprint density at radius 3 is 1.84 bits per heavy atom. The van der Waals surface area contributed by atoms with Crippen LogP contribution in [0.15, 0.2) is 12.1 Å². The van der Waals surface area contributed by atoms with Crippen LogP contribution in [0.5, 0.6) is 17.2 Å². The van der Waals surface area contributed by atoms with Crippen LogP contribution in [0, 0.1) is 0 Å². The molecule has 19 heavy (non-hydrogen) atoms. The highest BCUT2D eigenvalue weighted by atomic mass is 35.5. The number of nitrogens with two attached hydrogens (primary N) is 1. The Hall–Kier alpha value is -1.13. The number of benzene rings is 1. The van der Waals surface area contributed by atoms with Gasteiger partial charge in [0.2, 0.25) is 5.75 Å². The molecule has 0 radical (unpaired) electrons. The average Bonchev–Trinajstić information content (AvgIpc) is 2.29. The summed E-state index contributed by atoms with van der Waals surface area (Å²) >= 11 is 0. The van der Waals surface area contributed by atoms with Crippen molar-refractivity contribution in [2.24, 2.45) is 5.73 Å². The Morgan fingerprint density at radius 2 is 1.53 bits per heavy atom. The predicted octanol–water partition coefficient (Wildman–Crippen LogP) is 2.80. The van der Waals surface area contributed by atoms with E-state index in [1.807, 2.05) is 32.9 Å². The first-order valence-corrected chi connectivity index (χ1v) is 6.15. The number of hydrogen-bond donors (Lipinski definition) is 1. The molecule has 0 amide bonds. The van der Waals surface area contributed by atoms with E-state index in [1.54, 1.807) is 14.2 Å². The van der Waals surface area contributed by atoms with Crippen LogP contribution in [-0.2, 0) is 6.42 Å². The van der Waals surface area contributed by atoms with Crippen LogP contribution in [0.2, 0.25) is 0 Å². The van der Waals surface area contributed by atoms with Crippen molar-refractivity contribution in [3.8, 4) is 17.2 Å². The Labute approximate surface area is 121 Å². The zero-order valence-corrected chi connectivity index (χ0v) is 13.0. The number of halogens is 1. The Balaban J connectivity index is 0.00000324. The molecule has 0 saturated heterocycles. The highest BCUT2D eigenvalue weighted by Gasteiger charge is 2.15. The van der Waals surface area contributed by atoms with Gasteiger partial charge in [-0.05, 0) is 44.9 Å². The molecule has 110 valence electrons. The van der Waals surface area contributed by atoms with Gasteiger partial charge in [-0.25, -0.2) is 0 Å². The average molecular weight is 290 g/mol. The van der Waals surface area contributed by atoms with Crippen LogP contribution in [0.4, 0.5) is 0 Å². The fourth-order valence-corrected chi connectivity index (χ4v) is 1.78. The summed E-state index contributed by atoms with van der Waals surface area (Å²) in [5.41, 5.74) is 6.89. The van der Waals surface area contributed by atoms with Crippen LogP contribution in [-0.4, -0.2) is 26.4 Å². The summed E-state index contributed by atoms with van der Waals surface area (Å²) in [6, 6.07) is 3.99. The van der Waals surface area contributed by atoms with Crippen LogP contribution in [0.25, 0.3) is 0 Å². The largest absolute Gasteiger partial charge is 0.493 e. The van der Waals surface area contributed by atoms with E-state index >= 15 is 0 Å². The normalized spacial score (nSPS) is 11.7. The van der Waals surface area contributed by atoms with Crippen molar-refractivity contribution in [3.63, 3.8) is 0 Å². The lowest BCUT2D eigenvalue weighted by molar-refractivity contribution is 0.218. The van der Waals surface area contributed by atoms with E-state index in [0.717, 1.165) is 12.0 Å². The van der Waals surface area contributed by atoms with Gasteiger partial charge in [-0.15, -0.1) is 12.4 Å². The van der Waals surface area contributed by atoms with Gasteiger partial charge in [0.15, 0.2) is 11.5 Å². The summed E-state index contributed by atoms with van der Waals surface area (Å²) in [6.45, 7) is 5.90. The molecule has 4 nitrogen and oxygen atoms in total. The molecule has 0 aliphatic carbocycles. The van der Waals surface area contributed by atoms with E-state index in [-0.39, 0.29) is 24.6 Å². The smallest absolute Gasteiger partial charge is 0.203 e. The summed E-state index contributed by atoms with van der Waals surface area (Å²) in [5.74, 6) is 2.00. The minimum atomic E-state index is 0. The third-order valence-corrected chi connectivity index (χ3v) is 2.43. The third kappa shape index (κ3) is 5.17. The van der Waals surface area contributed by atoms with Crippen LogP contribution in [0.3, 0.4) is 0 Å². The van der Waals surface area contributed by atoms with Gasteiger partial charge >= 0.3 is 0 Å². The highest BCUT2D eigenvalue weighted by molar-refractivity contribution is 5.85. The monoisotopic (exact) mass is 289 g/mol. The first kappa shape index (κ1) is 17.9. The van der Waals surface area contributed by atoms with Gasteiger partial charge < -0.3 is 19.9 Å². The molecule has 1 aromatic rings. The lowest BCUT2D eigenvalue weighted by atomic mass is 10.1. The lowest BCUT2D eigenvalue weighted by Gasteiger charge is -2.18. The van der Waals surface area contributed by atoms with Crippen molar-refractivity contribution in [1.29, 1.82) is 0 Å². The molecule has 1 aromatic carbocycles. The Morgan fingerprint density at radius 1 is 1.05 bits per heavy atom. The number of methoxy groups -OCH3 is 2. The fraction of sp³-hybridized carbons (Fsp3) is 0.571. The fourth-order valence-electron chi connectivity index (χ4n) is 1.78. The second-order valence-corrected chi connectivity index (χ2v) is 4.68. The summed E-state index contributed by atoms with van der Waals surface area (Å²) in [4.78, 5) is 0. The standard InChI is InChI=1S/C14H23NO3.ClH/c1-9(2)18-14-12(16-4)7-11(6-10(3)15)8-13(14)17-5;/h7-10H,6,15H2,1-5H3;1H. The molecule has 0 spiro atoms. The molecule has 0 heterocycles. The van der Waals surface area contributed by atoms with Gasteiger partial charge in [0.1, 0.15) is 0 Å². The van der Waals surface area contributed by atoms with Crippen LogP contribution in [0.1, 0.15) is 26.3 Å². The van der Waals surface area contributed by atoms with E-state index in [4.69, 9.17) is 19.9 Å². The minimum Gasteiger partial charge on any atom is -0.493 e. The van der Waals surface area contributed by atoms with E-state index in [0.29, 0.717) is 17.2 Å². The molecule has 0 aliphatic heterocycles.